The van der Waals surface area contributed by atoms with Gasteiger partial charge in [-0.3, -0.25) is 4.79 Å². The standard InChI is InChI=1S/C21H17Cl2N3O3S/c1-13-4-6-15(7-5-13)30(28,29)26-18-9-8-17(22)20(23)16(18)10-19(26)21(27)14(11-24)12-25(2)3/h4-10,12H,1-3H3. The van der Waals surface area contributed by atoms with E-state index in [1.807, 2.05) is 13.0 Å². The number of carbonyl (C=O) groups is 1. The summed E-state index contributed by atoms with van der Waals surface area (Å²) in [5.41, 5.74) is 0.656. The molecule has 0 saturated carbocycles. The van der Waals surface area contributed by atoms with Gasteiger partial charge in [-0.15, -0.1) is 0 Å². The second kappa shape index (κ2) is 8.15. The summed E-state index contributed by atoms with van der Waals surface area (Å²) in [7, 11) is -0.865. The Hall–Kier alpha value is -2.79. The van der Waals surface area contributed by atoms with Gasteiger partial charge in [0.05, 0.1) is 20.5 Å². The van der Waals surface area contributed by atoms with E-state index in [-0.39, 0.29) is 31.7 Å². The van der Waals surface area contributed by atoms with E-state index in [1.165, 1.54) is 41.4 Å². The number of Topliss-reactive ketones (excluding diaryl/α,β-unsaturated/α-hetero) is 1. The first-order chi connectivity index (χ1) is 14.1. The summed E-state index contributed by atoms with van der Waals surface area (Å²) in [6.07, 6.45) is 1.33. The highest BCUT2D eigenvalue weighted by Crippen LogP contribution is 2.35. The Labute approximate surface area is 184 Å². The van der Waals surface area contributed by atoms with Crippen LogP contribution < -0.4 is 0 Å². The number of allylic oxidation sites excluding steroid dienone is 1. The fourth-order valence-electron chi connectivity index (χ4n) is 2.96. The van der Waals surface area contributed by atoms with Crippen molar-refractivity contribution < 1.29 is 13.2 Å². The number of halogens is 2. The fourth-order valence-corrected chi connectivity index (χ4v) is 4.85. The van der Waals surface area contributed by atoms with Crippen LogP contribution in [0.15, 0.2) is 59.1 Å². The molecule has 0 aliphatic carbocycles. The minimum Gasteiger partial charge on any atom is -0.382 e. The number of nitriles is 1. The van der Waals surface area contributed by atoms with Crippen LogP contribution in [0.4, 0.5) is 0 Å². The summed E-state index contributed by atoms with van der Waals surface area (Å²) in [4.78, 5) is 14.7. The molecule has 9 heteroatoms. The average Bonchev–Trinajstić information content (AvgIpc) is 3.09. The second-order valence-electron chi connectivity index (χ2n) is 6.85. The van der Waals surface area contributed by atoms with Crippen LogP contribution in [0.1, 0.15) is 16.1 Å². The molecule has 0 unspecified atom stereocenters. The molecule has 1 heterocycles. The van der Waals surface area contributed by atoms with Crippen molar-refractivity contribution >= 4 is 49.9 Å². The summed E-state index contributed by atoms with van der Waals surface area (Å²) < 4.78 is 27.9. The van der Waals surface area contributed by atoms with Gasteiger partial charge >= 0.3 is 0 Å². The molecule has 3 rings (SSSR count). The molecule has 0 amide bonds. The highest BCUT2D eigenvalue weighted by Gasteiger charge is 2.29. The predicted octanol–water partition coefficient (Wildman–Crippen LogP) is 4.65. The van der Waals surface area contributed by atoms with Gasteiger partial charge in [-0.05, 0) is 37.3 Å². The van der Waals surface area contributed by atoms with Crippen molar-refractivity contribution in [1.82, 2.24) is 8.87 Å². The summed E-state index contributed by atoms with van der Waals surface area (Å²) in [6, 6.07) is 12.4. The monoisotopic (exact) mass is 461 g/mol. The number of fused-ring (bicyclic) bond motifs is 1. The Morgan fingerprint density at radius 1 is 1.13 bits per heavy atom. The number of aryl methyl sites for hydroxylation is 1. The predicted molar refractivity (Wildman–Crippen MR) is 117 cm³/mol. The van der Waals surface area contributed by atoms with E-state index in [4.69, 9.17) is 23.2 Å². The lowest BCUT2D eigenvalue weighted by atomic mass is 10.1. The van der Waals surface area contributed by atoms with Gasteiger partial charge in [-0.2, -0.15) is 5.26 Å². The van der Waals surface area contributed by atoms with Crippen molar-refractivity contribution in [3.63, 3.8) is 0 Å². The molecule has 2 aromatic carbocycles. The maximum absolute atomic E-state index is 13.5. The van der Waals surface area contributed by atoms with Crippen molar-refractivity contribution in [1.29, 1.82) is 5.26 Å². The molecule has 0 aliphatic heterocycles. The van der Waals surface area contributed by atoms with Crippen molar-refractivity contribution in [2.24, 2.45) is 0 Å². The first kappa shape index (κ1) is 21.9. The number of rotatable bonds is 5. The van der Waals surface area contributed by atoms with E-state index in [0.717, 1.165) is 9.54 Å². The number of ketones is 1. The molecule has 0 spiro atoms. The lowest BCUT2D eigenvalue weighted by molar-refractivity contribution is 0.103. The molecule has 3 aromatic rings. The first-order valence-corrected chi connectivity index (χ1v) is 10.9. The Bertz CT molecular complexity index is 1330. The van der Waals surface area contributed by atoms with E-state index >= 15 is 0 Å². The van der Waals surface area contributed by atoms with Gasteiger partial charge in [-0.1, -0.05) is 40.9 Å². The third-order valence-electron chi connectivity index (χ3n) is 4.37. The lowest BCUT2D eigenvalue weighted by Crippen LogP contribution is -2.20. The fraction of sp³-hybridized carbons (Fsp3) is 0.143. The minimum atomic E-state index is -4.17. The van der Waals surface area contributed by atoms with Gasteiger partial charge in [0.1, 0.15) is 17.3 Å². The maximum atomic E-state index is 13.5. The minimum absolute atomic E-state index is 0.000759. The van der Waals surface area contributed by atoms with E-state index in [9.17, 15) is 18.5 Å². The Morgan fingerprint density at radius 2 is 1.77 bits per heavy atom. The van der Waals surface area contributed by atoms with Crippen molar-refractivity contribution in [2.45, 2.75) is 11.8 Å². The van der Waals surface area contributed by atoms with Crippen molar-refractivity contribution in [3.05, 3.63) is 75.5 Å². The molecule has 0 radical (unpaired) electrons. The van der Waals surface area contributed by atoms with Crippen LogP contribution in [0.5, 0.6) is 0 Å². The highest BCUT2D eigenvalue weighted by molar-refractivity contribution is 7.90. The molecular weight excluding hydrogens is 445 g/mol. The average molecular weight is 462 g/mol. The van der Waals surface area contributed by atoms with Crippen LogP contribution in [-0.2, 0) is 10.0 Å². The number of hydrogen-bond acceptors (Lipinski definition) is 5. The maximum Gasteiger partial charge on any atom is 0.268 e. The molecule has 0 fully saturated rings. The van der Waals surface area contributed by atoms with Crippen molar-refractivity contribution in [2.75, 3.05) is 14.1 Å². The third-order valence-corrected chi connectivity index (χ3v) is 6.93. The van der Waals surface area contributed by atoms with E-state index in [1.54, 1.807) is 26.2 Å². The molecule has 0 aliphatic rings. The summed E-state index contributed by atoms with van der Waals surface area (Å²) in [5.74, 6) is -0.745. The molecule has 1 aromatic heterocycles. The summed E-state index contributed by atoms with van der Waals surface area (Å²) >= 11 is 12.4. The van der Waals surface area contributed by atoms with Crippen molar-refractivity contribution in [3.8, 4) is 6.07 Å². The SMILES string of the molecule is Cc1ccc(S(=O)(=O)n2c(C(=O)C(C#N)=CN(C)C)cc3c(Cl)c(Cl)ccc32)cc1. The topological polar surface area (TPSA) is 83.2 Å². The van der Waals surface area contributed by atoms with Gasteiger partial charge in [0.2, 0.25) is 5.78 Å². The molecular formula is C21H17Cl2N3O3S. The van der Waals surface area contributed by atoms with Crippen LogP contribution >= 0.6 is 23.2 Å². The van der Waals surface area contributed by atoms with Gasteiger partial charge < -0.3 is 4.90 Å². The first-order valence-electron chi connectivity index (χ1n) is 8.72. The Balaban J connectivity index is 2.39. The molecule has 0 saturated heterocycles. The van der Waals surface area contributed by atoms with Gasteiger partial charge in [0.15, 0.2) is 0 Å². The Kier molecular flexibility index (Phi) is 5.95. The summed E-state index contributed by atoms with van der Waals surface area (Å²) in [5, 5.41) is 10.1. The van der Waals surface area contributed by atoms with Crippen LogP contribution in [-0.4, -0.2) is 37.2 Å². The molecule has 154 valence electrons. The molecule has 0 atom stereocenters. The second-order valence-corrected chi connectivity index (χ2v) is 9.43. The van der Waals surface area contributed by atoms with Crippen LogP contribution in [0.25, 0.3) is 10.9 Å². The molecule has 30 heavy (non-hydrogen) atoms. The number of nitrogens with zero attached hydrogens (tertiary/aromatic N) is 3. The lowest BCUT2D eigenvalue weighted by Gasteiger charge is -2.12. The van der Waals surface area contributed by atoms with Crippen LogP contribution in [0, 0.1) is 18.3 Å². The largest absolute Gasteiger partial charge is 0.382 e. The quantitative estimate of drug-likeness (QED) is 0.313. The highest BCUT2D eigenvalue weighted by atomic mass is 35.5. The van der Waals surface area contributed by atoms with Gasteiger partial charge in [0.25, 0.3) is 10.0 Å². The van der Waals surface area contributed by atoms with Crippen LogP contribution in [0.3, 0.4) is 0 Å². The van der Waals surface area contributed by atoms with E-state index < -0.39 is 15.8 Å². The molecule has 0 N–H and O–H groups in total. The number of hydrogen-bond donors (Lipinski definition) is 0. The van der Waals surface area contributed by atoms with Gasteiger partial charge in [-0.25, -0.2) is 12.4 Å². The van der Waals surface area contributed by atoms with Crippen LogP contribution in [0.2, 0.25) is 10.0 Å². The number of aromatic nitrogens is 1. The summed E-state index contributed by atoms with van der Waals surface area (Å²) in [6.45, 7) is 1.84. The number of carbonyl (C=O) groups excluding carboxylic acids is 1. The van der Waals surface area contributed by atoms with Gasteiger partial charge in [0, 0.05) is 25.7 Å². The zero-order valence-electron chi connectivity index (χ0n) is 16.3. The van der Waals surface area contributed by atoms with E-state index in [2.05, 4.69) is 0 Å². The zero-order chi connectivity index (χ0) is 22.2. The molecule has 6 nitrogen and oxygen atoms in total. The number of benzene rings is 2. The van der Waals surface area contributed by atoms with E-state index in [0.29, 0.717) is 5.39 Å². The third kappa shape index (κ3) is 3.82. The zero-order valence-corrected chi connectivity index (χ0v) is 18.7. The smallest absolute Gasteiger partial charge is 0.268 e. The Morgan fingerprint density at radius 3 is 2.33 bits per heavy atom. The molecule has 0 bridgehead atoms. The normalized spacial score (nSPS) is 12.1.